The number of ether oxygens (including phenoxy) is 2. The zero-order valence-corrected chi connectivity index (χ0v) is 17.3. The van der Waals surface area contributed by atoms with Gasteiger partial charge in [0.05, 0.1) is 18.6 Å². The summed E-state index contributed by atoms with van der Waals surface area (Å²) < 4.78 is 10.9. The molecule has 8 heteroatoms. The summed E-state index contributed by atoms with van der Waals surface area (Å²) in [6.07, 6.45) is 2.84. The molecule has 0 bridgehead atoms. The van der Waals surface area contributed by atoms with Gasteiger partial charge in [-0.2, -0.15) is 0 Å². The molecule has 0 aliphatic carbocycles. The van der Waals surface area contributed by atoms with Crippen molar-refractivity contribution in [2.24, 2.45) is 16.2 Å². The van der Waals surface area contributed by atoms with Gasteiger partial charge in [-0.25, -0.2) is 0 Å². The van der Waals surface area contributed by atoms with Gasteiger partial charge in [0.25, 0.3) is 0 Å². The molecule has 2 amide bonds. The minimum atomic E-state index is -0.646. The topological polar surface area (TPSA) is 88.7 Å². The Morgan fingerprint density at radius 2 is 1.56 bits per heavy atom. The molecule has 27 heavy (non-hydrogen) atoms. The molecule has 0 radical (unpaired) electrons. The first-order chi connectivity index (χ1) is 12.4. The van der Waals surface area contributed by atoms with Gasteiger partial charge in [-0.05, 0) is 25.8 Å². The van der Waals surface area contributed by atoms with E-state index in [2.05, 4.69) is 29.8 Å². The van der Waals surface area contributed by atoms with Crippen molar-refractivity contribution in [2.45, 2.75) is 39.5 Å². The molecule has 3 fully saturated rings. The summed E-state index contributed by atoms with van der Waals surface area (Å²) in [7, 11) is 0. The fourth-order valence-electron chi connectivity index (χ4n) is 4.03. The third-order valence-corrected chi connectivity index (χ3v) is 6.21. The molecule has 3 heterocycles. The number of rotatable bonds is 7. The van der Waals surface area contributed by atoms with Crippen LogP contribution in [0, 0.1) is 16.2 Å². The highest BCUT2D eigenvalue weighted by atomic mass is 35.5. The van der Waals surface area contributed by atoms with Crippen molar-refractivity contribution < 1.29 is 19.1 Å². The number of carbonyl (C=O) groups excluding carboxylic acids is 2. The summed E-state index contributed by atoms with van der Waals surface area (Å²) in [6.45, 7) is 9.67. The maximum Gasteiger partial charge on any atom is 0.228 e. The van der Waals surface area contributed by atoms with Gasteiger partial charge in [-0.1, -0.05) is 13.8 Å². The molecule has 3 saturated heterocycles. The van der Waals surface area contributed by atoms with Crippen LogP contribution in [0.1, 0.15) is 39.5 Å². The van der Waals surface area contributed by atoms with E-state index in [0.717, 1.165) is 32.6 Å². The Morgan fingerprint density at radius 1 is 0.963 bits per heavy atom. The van der Waals surface area contributed by atoms with E-state index in [9.17, 15) is 9.59 Å². The number of nitrogens with one attached hydrogen (secondary N) is 3. The first-order valence-corrected chi connectivity index (χ1v) is 9.76. The first-order valence-electron chi connectivity index (χ1n) is 9.76. The second-order valence-corrected chi connectivity index (χ2v) is 9.07. The fraction of sp³-hybridized carbons (Fsp3) is 0.895. The van der Waals surface area contributed by atoms with E-state index in [1.54, 1.807) is 0 Å². The first kappa shape index (κ1) is 22.4. The largest absolute Gasteiger partial charge is 0.381 e. The van der Waals surface area contributed by atoms with Crippen LogP contribution in [-0.2, 0) is 19.1 Å². The Kier molecular flexibility index (Phi) is 7.53. The molecule has 0 aromatic carbocycles. The van der Waals surface area contributed by atoms with Gasteiger partial charge < -0.3 is 25.4 Å². The maximum atomic E-state index is 12.9. The van der Waals surface area contributed by atoms with Crippen LogP contribution in [0.5, 0.6) is 0 Å². The van der Waals surface area contributed by atoms with Gasteiger partial charge in [0.15, 0.2) is 0 Å². The van der Waals surface area contributed by atoms with Crippen molar-refractivity contribution in [1.29, 1.82) is 0 Å². The molecule has 3 rings (SSSR count). The van der Waals surface area contributed by atoms with Crippen LogP contribution in [0.2, 0.25) is 0 Å². The molecule has 3 N–H and O–H groups in total. The fourth-order valence-corrected chi connectivity index (χ4v) is 4.03. The van der Waals surface area contributed by atoms with Gasteiger partial charge in [0.1, 0.15) is 0 Å². The zero-order valence-electron chi connectivity index (χ0n) is 16.5. The number of amides is 2. The highest BCUT2D eigenvalue weighted by Crippen LogP contribution is 2.32. The van der Waals surface area contributed by atoms with E-state index in [1.165, 1.54) is 0 Å². The summed E-state index contributed by atoms with van der Waals surface area (Å²) in [4.78, 5) is 25.5. The molecule has 7 nitrogen and oxygen atoms in total. The average Bonchev–Trinajstić information content (AvgIpc) is 3.34. The smallest absolute Gasteiger partial charge is 0.228 e. The highest BCUT2D eigenvalue weighted by molar-refractivity contribution is 5.89. The maximum absolute atomic E-state index is 12.9. The zero-order chi connectivity index (χ0) is 18.7. The minimum absolute atomic E-state index is 0. The van der Waals surface area contributed by atoms with E-state index in [0.29, 0.717) is 39.3 Å². The van der Waals surface area contributed by atoms with E-state index in [-0.39, 0.29) is 41.5 Å². The Bertz CT molecular complexity index is 525. The summed E-state index contributed by atoms with van der Waals surface area (Å²) in [5.41, 5.74) is -0.634. The quantitative estimate of drug-likeness (QED) is 0.586. The summed E-state index contributed by atoms with van der Waals surface area (Å²) in [6, 6.07) is 0. The number of hydrogen-bond donors (Lipinski definition) is 3. The van der Waals surface area contributed by atoms with Crippen LogP contribution in [-0.4, -0.2) is 64.4 Å². The van der Waals surface area contributed by atoms with Gasteiger partial charge in [0, 0.05) is 50.1 Å². The van der Waals surface area contributed by atoms with Crippen LogP contribution in [0.15, 0.2) is 0 Å². The van der Waals surface area contributed by atoms with Crippen LogP contribution in [0.3, 0.4) is 0 Å². The highest BCUT2D eigenvalue weighted by Gasteiger charge is 2.44. The van der Waals surface area contributed by atoms with Crippen LogP contribution in [0.4, 0.5) is 0 Å². The number of hydrogen-bond acceptors (Lipinski definition) is 5. The van der Waals surface area contributed by atoms with Crippen LogP contribution >= 0.6 is 12.4 Å². The molecule has 0 saturated carbocycles. The molecule has 0 aromatic heterocycles. The molecular formula is C19H34ClN3O4. The van der Waals surface area contributed by atoms with E-state index in [1.807, 2.05) is 0 Å². The van der Waals surface area contributed by atoms with Gasteiger partial charge in [0.2, 0.25) is 11.8 Å². The molecule has 3 atom stereocenters. The Labute approximate surface area is 168 Å². The van der Waals surface area contributed by atoms with Crippen LogP contribution in [0.25, 0.3) is 0 Å². The Hall–Kier alpha value is -0.890. The lowest BCUT2D eigenvalue weighted by Crippen LogP contribution is -2.49. The predicted molar refractivity (Wildman–Crippen MR) is 105 cm³/mol. The summed E-state index contributed by atoms with van der Waals surface area (Å²) in [5, 5.41) is 9.38. The second kappa shape index (κ2) is 9.07. The van der Waals surface area contributed by atoms with Gasteiger partial charge in [-0.3, -0.25) is 9.59 Å². The van der Waals surface area contributed by atoms with Crippen molar-refractivity contribution in [1.82, 2.24) is 16.0 Å². The number of halogens is 1. The molecule has 0 spiro atoms. The van der Waals surface area contributed by atoms with Gasteiger partial charge >= 0.3 is 0 Å². The molecular weight excluding hydrogens is 370 g/mol. The standard InChI is InChI=1S/C19H33N3O4.ClH/c1-17(4-7-25-13-17)10-21-15(23)9-19(3-6-20-12-19)16(24)22-11-18(2)5-8-26-14-18;/h20H,3-14H2,1-2H3,(H,21,23)(H,22,24);1H. The van der Waals surface area contributed by atoms with Crippen molar-refractivity contribution >= 4 is 24.2 Å². The lowest BCUT2D eigenvalue weighted by molar-refractivity contribution is -0.136. The van der Waals surface area contributed by atoms with E-state index >= 15 is 0 Å². The molecule has 3 aliphatic heterocycles. The second-order valence-electron chi connectivity index (χ2n) is 9.07. The molecule has 0 aromatic rings. The normalized spacial score (nSPS) is 35.6. The Balaban J connectivity index is 0.00000261. The summed E-state index contributed by atoms with van der Waals surface area (Å²) in [5.74, 6) is -0.0615. The van der Waals surface area contributed by atoms with Crippen molar-refractivity contribution in [3.63, 3.8) is 0 Å². The average molecular weight is 404 g/mol. The lowest BCUT2D eigenvalue weighted by atomic mass is 9.81. The monoisotopic (exact) mass is 403 g/mol. The van der Waals surface area contributed by atoms with Crippen molar-refractivity contribution in [3.8, 4) is 0 Å². The van der Waals surface area contributed by atoms with Crippen LogP contribution < -0.4 is 16.0 Å². The number of carbonyl (C=O) groups is 2. The third kappa shape index (κ3) is 5.56. The van der Waals surface area contributed by atoms with E-state index < -0.39 is 5.41 Å². The third-order valence-electron chi connectivity index (χ3n) is 6.21. The minimum Gasteiger partial charge on any atom is -0.381 e. The van der Waals surface area contributed by atoms with Crippen molar-refractivity contribution in [2.75, 3.05) is 52.6 Å². The predicted octanol–water partition coefficient (Wildman–Crippen LogP) is 0.864. The van der Waals surface area contributed by atoms with E-state index in [4.69, 9.17) is 9.47 Å². The van der Waals surface area contributed by atoms with Crippen molar-refractivity contribution in [3.05, 3.63) is 0 Å². The molecule has 3 unspecified atom stereocenters. The molecule has 156 valence electrons. The Morgan fingerprint density at radius 3 is 2.04 bits per heavy atom. The van der Waals surface area contributed by atoms with Gasteiger partial charge in [-0.15, -0.1) is 12.4 Å². The molecule has 3 aliphatic rings. The SMILES string of the molecule is CC1(CNC(=O)CC2(C(=O)NCC3(C)CCOC3)CCNC2)CCOC1.Cl. The summed E-state index contributed by atoms with van der Waals surface area (Å²) >= 11 is 0. The lowest BCUT2D eigenvalue weighted by Gasteiger charge is -2.30.